The minimum atomic E-state index is -0.302. The van der Waals surface area contributed by atoms with Gasteiger partial charge in [0.15, 0.2) is 0 Å². The van der Waals surface area contributed by atoms with E-state index in [1.165, 1.54) is 0 Å². The zero-order chi connectivity index (χ0) is 13.4. The van der Waals surface area contributed by atoms with Crippen LogP contribution < -0.4 is 10.6 Å². The van der Waals surface area contributed by atoms with Crippen LogP contribution >= 0.6 is 0 Å². The van der Waals surface area contributed by atoms with Crippen LogP contribution in [0.25, 0.3) is 0 Å². The van der Waals surface area contributed by atoms with E-state index >= 15 is 0 Å². The average molecular weight is 250 g/mol. The number of hydrogen-bond donors (Lipinski definition) is 1. The number of benzene rings is 1. The van der Waals surface area contributed by atoms with Gasteiger partial charge < -0.3 is 10.5 Å². The number of anilines is 1. The Balaban J connectivity index is 2.69. The molecule has 0 saturated heterocycles. The van der Waals surface area contributed by atoms with Gasteiger partial charge in [-0.05, 0) is 31.0 Å². The van der Waals surface area contributed by atoms with Crippen molar-refractivity contribution in [3.63, 3.8) is 0 Å². The van der Waals surface area contributed by atoms with Crippen molar-refractivity contribution in [2.45, 2.75) is 20.3 Å². The fraction of sp³-hybridized carbons (Fsp3) is 0.500. The summed E-state index contributed by atoms with van der Waals surface area (Å²) in [6.45, 7) is 5.60. The predicted octanol–water partition coefficient (Wildman–Crippen LogP) is 2.63. The lowest BCUT2D eigenvalue weighted by Crippen LogP contribution is -2.34. The quantitative estimate of drug-likeness (QED) is 0.844. The summed E-state index contributed by atoms with van der Waals surface area (Å²) in [5.74, 6) is 0.334. The molecule has 1 amide bonds. The van der Waals surface area contributed by atoms with E-state index in [2.05, 4.69) is 0 Å². The van der Waals surface area contributed by atoms with Crippen molar-refractivity contribution in [1.29, 1.82) is 0 Å². The Bertz CT molecular complexity index is 352. The monoisotopic (exact) mass is 250 g/mol. The third-order valence-corrected chi connectivity index (χ3v) is 2.41. The van der Waals surface area contributed by atoms with Gasteiger partial charge in [-0.2, -0.15) is 0 Å². The van der Waals surface area contributed by atoms with Gasteiger partial charge in [-0.25, -0.2) is 4.79 Å². The summed E-state index contributed by atoms with van der Waals surface area (Å²) < 4.78 is 5.26. The van der Waals surface area contributed by atoms with Crippen molar-refractivity contribution in [1.82, 2.24) is 0 Å². The minimum Gasteiger partial charge on any atom is -0.449 e. The molecular weight excluding hydrogens is 228 g/mol. The highest BCUT2D eigenvalue weighted by Gasteiger charge is 2.16. The van der Waals surface area contributed by atoms with Crippen LogP contribution in [0, 0.1) is 5.92 Å². The molecule has 0 aliphatic carbocycles. The van der Waals surface area contributed by atoms with Crippen LogP contribution in [0.4, 0.5) is 10.5 Å². The van der Waals surface area contributed by atoms with E-state index in [0.29, 0.717) is 25.6 Å². The second-order valence-electron chi connectivity index (χ2n) is 4.60. The van der Waals surface area contributed by atoms with E-state index in [9.17, 15) is 4.79 Å². The fourth-order valence-electron chi connectivity index (χ4n) is 1.50. The summed E-state index contributed by atoms with van der Waals surface area (Å²) in [5.41, 5.74) is 6.35. The number of carbonyl (C=O) groups excluding carboxylic acids is 1. The summed E-state index contributed by atoms with van der Waals surface area (Å²) in [7, 11) is 0. The highest BCUT2D eigenvalue weighted by Crippen LogP contribution is 2.15. The van der Waals surface area contributed by atoms with Gasteiger partial charge in [0.1, 0.15) is 0 Å². The van der Waals surface area contributed by atoms with E-state index in [1.54, 1.807) is 4.90 Å². The molecule has 0 unspecified atom stereocenters. The Morgan fingerprint density at radius 3 is 2.56 bits per heavy atom. The molecule has 0 spiro atoms. The van der Waals surface area contributed by atoms with E-state index < -0.39 is 0 Å². The van der Waals surface area contributed by atoms with Crippen LogP contribution in [-0.4, -0.2) is 25.8 Å². The van der Waals surface area contributed by atoms with E-state index in [1.807, 2.05) is 44.2 Å². The second-order valence-corrected chi connectivity index (χ2v) is 4.60. The molecule has 0 atom stereocenters. The van der Waals surface area contributed by atoms with Gasteiger partial charge in [-0.3, -0.25) is 4.90 Å². The van der Waals surface area contributed by atoms with Crippen LogP contribution in [-0.2, 0) is 4.74 Å². The first-order valence-corrected chi connectivity index (χ1v) is 6.34. The number of ether oxygens (including phenoxy) is 1. The Kier molecular flexibility index (Phi) is 6.22. The standard InChI is InChI=1S/C14H22N2O2/c1-12(2)11-18-14(17)16(10-6-9-15)13-7-4-3-5-8-13/h3-5,7-8,12H,6,9-11,15H2,1-2H3. The molecule has 0 aliphatic heterocycles. The van der Waals surface area contributed by atoms with Crippen molar-refractivity contribution in [3.05, 3.63) is 30.3 Å². The molecule has 100 valence electrons. The first-order chi connectivity index (χ1) is 8.65. The molecule has 0 radical (unpaired) electrons. The fourth-order valence-corrected chi connectivity index (χ4v) is 1.50. The molecule has 1 aromatic carbocycles. The number of nitrogens with two attached hydrogens (primary N) is 1. The second kappa shape index (κ2) is 7.71. The highest BCUT2D eigenvalue weighted by molar-refractivity contribution is 5.87. The van der Waals surface area contributed by atoms with Gasteiger partial charge in [-0.1, -0.05) is 32.0 Å². The summed E-state index contributed by atoms with van der Waals surface area (Å²) in [5, 5.41) is 0. The third kappa shape index (κ3) is 4.75. The first kappa shape index (κ1) is 14.5. The highest BCUT2D eigenvalue weighted by atomic mass is 16.6. The lowest BCUT2D eigenvalue weighted by molar-refractivity contribution is 0.140. The topological polar surface area (TPSA) is 55.6 Å². The lowest BCUT2D eigenvalue weighted by Gasteiger charge is -2.22. The third-order valence-electron chi connectivity index (χ3n) is 2.41. The lowest BCUT2D eigenvalue weighted by atomic mass is 10.2. The largest absolute Gasteiger partial charge is 0.449 e. The van der Waals surface area contributed by atoms with Crippen LogP contribution in [0.15, 0.2) is 30.3 Å². The van der Waals surface area contributed by atoms with Gasteiger partial charge in [-0.15, -0.1) is 0 Å². The van der Waals surface area contributed by atoms with Crippen molar-refractivity contribution < 1.29 is 9.53 Å². The molecule has 0 aromatic heterocycles. The number of rotatable bonds is 6. The first-order valence-electron chi connectivity index (χ1n) is 6.34. The Morgan fingerprint density at radius 1 is 1.33 bits per heavy atom. The number of carbonyl (C=O) groups is 1. The molecule has 0 heterocycles. The molecule has 4 nitrogen and oxygen atoms in total. The van der Waals surface area contributed by atoms with Crippen LogP contribution in [0.1, 0.15) is 20.3 Å². The maximum atomic E-state index is 12.0. The van der Waals surface area contributed by atoms with Gasteiger partial charge in [0.2, 0.25) is 0 Å². The van der Waals surface area contributed by atoms with E-state index in [4.69, 9.17) is 10.5 Å². The molecule has 4 heteroatoms. The SMILES string of the molecule is CC(C)COC(=O)N(CCCN)c1ccccc1. The minimum absolute atomic E-state index is 0.302. The average Bonchev–Trinajstić information content (AvgIpc) is 2.38. The van der Waals surface area contributed by atoms with E-state index in [-0.39, 0.29) is 6.09 Å². The van der Waals surface area contributed by atoms with Gasteiger partial charge in [0, 0.05) is 12.2 Å². The molecule has 0 aliphatic rings. The number of nitrogens with zero attached hydrogens (tertiary/aromatic N) is 1. The van der Waals surface area contributed by atoms with Crippen LogP contribution in [0.3, 0.4) is 0 Å². The van der Waals surface area contributed by atoms with Gasteiger partial charge in [0.25, 0.3) is 0 Å². The molecule has 2 N–H and O–H groups in total. The van der Waals surface area contributed by atoms with Crippen molar-refractivity contribution >= 4 is 11.8 Å². The molecule has 1 rings (SSSR count). The molecular formula is C14H22N2O2. The van der Waals surface area contributed by atoms with Gasteiger partial charge >= 0.3 is 6.09 Å². The molecule has 0 bridgehead atoms. The van der Waals surface area contributed by atoms with Crippen molar-refractivity contribution in [2.24, 2.45) is 11.7 Å². The van der Waals surface area contributed by atoms with Crippen molar-refractivity contribution in [3.8, 4) is 0 Å². The Morgan fingerprint density at radius 2 is 2.00 bits per heavy atom. The zero-order valence-electron chi connectivity index (χ0n) is 11.1. The molecule has 18 heavy (non-hydrogen) atoms. The van der Waals surface area contributed by atoms with Crippen molar-refractivity contribution in [2.75, 3.05) is 24.6 Å². The zero-order valence-corrected chi connectivity index (χ0v) is 11.1. The van der Waals surface area contributed by atoms with Crippen LogP contribution in [0.5, 0.6) is 0 Å². The Hall–Kier alpha value is -1.55. The Labute approximate surface area is 109 Å². The number of amides is 1. The summed E-state index contributed by atoms with van der Waals surface area (Å²) in [6.07, 6.45) is 0.453. The van der Waals surface area contributed by atoms with Crippen LogP contribution in [0.2, 0.25) is 0 Å². The molecule has 0 saturated carbocycles. The van der Waals surface area contributed by atoms with E-state index in [0.717, 1.165) is 12.1 Å². The molecule has 1 aromatic rings. The molecule has 0 fully saturated rings. The summed E-state index contributed by atoms with van der Waals surface area (Å²) >= 11 is 0. The maximum Gasteiger partial charge on any atom is 0.414 e. The normalized spacial score (nSPS) is 10.4. The summed E-state index contributed by atoms with van der Waals surface area (Å²) in [6, 6.07) is 9.52. The van der Waals surface area contributed by atoms with Gasteiger partial charge in [0.05, 0.1) is 6.61 Å². The number of hydrogen-bond acceptors (Lipinski definition) is 3. The predicted molar refractivity (Wildman–Crippen MR) is 73.6 cm³/mol. The summed E-state index contributed by atoms with van der Waals surface area (Å²) in [4.78, 5) is 13.7. The smallest absolute Gasteiger partial charge is 0.414 e. The number of para-hydroxylation sites is 1. The maximum absolute atomic E-state index is 12.0.